The number of carbonyl (C=O) groups excluding carboxylic acids is 1. The lowest BCUT2D eigenvalue weighted by Crippen LogP contribution is -2.25. The predicted octanol–water partition coefficient (Wildman–Crippen LogP) is 2.43. The fraction of sp³-hybridized carbons (Fsp3) is 0.222. The molecule has 1 N–H and O–H groups in total. The number of nitrogens with one attached hydrogen (secondary N) is 1. The summed E-state index contributed by atoms with van der Waals surface area (Å²) < 4.78 is 34.3. The van der Waals surface area contributed by atoms with E-state index < -0.39 is 10.0 Å². The van der Waals surface area contributed by atoms with Crippen LogP contribution in [0.2, 0.25) is 0 Å². The zero-order chi connectivity index (χ0) is 17.9. The van der Waals surface area contributed by atoms with E-state index in [1.54, 1.807) is 36.4 Å². The summed E-state index contributed by atoms with van der Waals surface area (Å²) in [5.74, 6) is -0.126. The monoisotopic (exact) mass is 358 g/mol. The third-order valence-electron chi connectivity index (χ3n) is 3.82. The molecule has 0 aliphatic carbocycles. The molecule has 6 nitrogen and oxygen atoms in total. The summed E-state index contributed by atoms with van der Waals surface area (Å²) in [6.07, 6.45) is 0.199. The highest BCUT2D eigenvalue weighted by Gasteiger charge is 2.18. The normalized spacial score (nSPS) is 16.8. The summed E-state index contributed by atoms with van der Waals surface area (Å²) in [4.78, 5) is 12.2. The molecule has 0 bridgehead atoms. The Bertz CT molecular complexity index is 918. The molecule has 7 heteroatoms. The third-order valence-corrected chi connectivity index (χ3v) is 5.13. The van der Waals surface area contributed by atoms with Gasteiger partial charge in [0.2, 0.25) is 5.90 Å². The van der Waals surface area contributed by atoms with Crippen LogP contribution in [0.3, 0.4) is 0 Å². The SMILES string of the molecule is Cc1ccc(S(=O)(=O)/N=C2/CCNC(=O)c3ccccc3CO2)cc1. The fourth-order valence-electron chi connectivity index (χ4n) is 2.45. The van der Waals surface area contributed by atoms with Gasteiger partial charge in [0.25, 0.3) is 15.9 Å². The van der Waals surface area contributed by atoms with Gasteiger partial charge >= 0.3 is 0 Å². The second kappa shape index (κ2) is 7.06. The minimum atomic E-state index is -3.86. The predicted molar refractivity (Wildman–Crippen MR) is 94.0 cm³/mol. The maximum absolute atomic E-state index is 12.5. The summed E-state index contributed by atoms with van der Waals surface area (Å²) in [7, 11) is -3.86. The number of carbonyl (C=O) groups is 1. The van der Waals surface area contributed by atoms with E-state index in [1.165, 1.54) is 12.1 Å². The molecule has 0 aromatic heterocycles. The molecule has 0 fully saturated rings. The number of ether oxygens (including phenoxy) is 1. The van der Waals surface area contributed by atoms with Gasteiger partial charge in [0.05, 0.1) is 4.90 Å². The Balaban J connectivity index is 1.88. The number of amides is 1. The first kappa shape index (κ1) is 17.2. The summed E-state index contributed by atoms with van der Waals surface area (Å²) >= 11 is 0. The lowest BCUT2D eigenvalue weighted by atomic mass is 10.1. The van der Waals surface area contributed by atoms with Gasteiger partial charge in [0, 0.05) is 24.1 Å². The third kappa shape index (κ3) is 4.06. The molecule has 0 saturated carbocycles. The van der Waals surface area contributed by atoms with Crippen molar-refractivity contribution < 1.29 is 17.9 Å². The number of nitrogens with zero attached hydrogens (tertiary/aromatic N) is 1. The highest BCUT2D eigenvalue weighted by molar-refractivity contribution is 7.90. The smallest absolute Gasteiger partial charge is 0.285 e. The van der Waals surface area contributed by atoms with E-state index in [9.17, 15) is 13.2 Å². The highest BCUT2D eigenvalue weighted by Crippen LogP contribution is 2.16. The maximum Gasteiger partial charge on any atom is 0.285 e. The lowest BCUT2D eigenvalue weighted by molar-refractivity contribution is 0.0954. The molecule has 0 atom stereocenters. The van der Waals surface area contributed by atoms with Crippen LogP contribution in [0.1, 0.15) is 27.9 Å². The number of sulfonamides is 1. The van der Waals surface area contributed by atoms with E-state index in [0.29, 0.717) is 11.1 Å². The van der Waals surface area contributed by atoms with E-state index in [-0.39, 0.29) is 36.3 Å². The van der Waals surface area contributed by atoms with Crippen LogP contribution in [0.25, 0.3) is 0 Å². The van der Waals surface area contributed by atoms with Crippen molar-refractivity contribution in [1.29, 1.82) is 0 Å². The molecule has 1 amide bonds. The Morgan fingerprint density at radius 1 is 1.08 bits per heavy atom. The summed E-state index contributed by atoms with van der Waals surface area (Å²) in [6, 6.07) is 13.5. The number of hydrogen-bond acceptors (Lipinski definition) is 4. The Kier molecular flexibility index (Phi) is 4.85. The molecule has 0 radical (unpaired) electrons. The van der Waals surface area contributed by atoms with Gasteiger partial charge < -0.3 is 10.1 Å². The van der Waals surface area contributed by atoms with Crippen molar-refractivity contribution in [2.45, 2.75) is 24.8 Å². The quantitative estimate of drug-likeness (QED) is 0.893. The Morgan fingerprint density at radius 2 is 1.80 bits per heavy atom. The van der Waals surface area contributed by atoms with Crippen molar-refractivity contribution in [1.82, 2.24) is 5.32 Å². The van der Waals surface area contributed by atoms with Gasteiger partial charge in [-0.15, -0.1) is 4.40 Å². The minimum absolute atomic E-state index is 0.0811. The van der Waals surface area contributed by atoms with E-state index in [2.05, 4.69) is 9.71 Å². The summed E-state index contributed by atoms with van der Waals surface area (Å²) in [5.41, 5.74) is 2.16. The molecule has 2 aromatic rings. The molecule has 2 aromatic carbocycles. The van der Waals surface area contributed by atoms with E-state index >= 15 is 0 Å². The van der Waals surface area contributed by atoms with Gasteiger partial charge in [0.15, 0.2) is 0 Å². The maximum atomic E-state index is 12.5. The van der Waals surface area contributed by atoms with Crippen molar-refractivity contribution in [2.75, 3.05) is 6.54 Å². The van der Waals surface area contributed by atoms with Crippen LogP contribution in [0.5, 0.6) is 0 Å². The molecular weight excluding hydrogens is 340 g/mol. The first-order valence-electron chi connectivity index (χ1n) is 7.85. The molecule has 25 heavy (non-hydrogen) atoms. The van der Waals surface area contributed by atoms with Crippen molar-refractivity contribution >= 4 is 21.8 Å². The van der Waals surface area contributed by atoms with Crippen LogP contribution < -0.4 is 5.32 Å². The number of aryl methyl sites for hydroxylation is 1. The first-order valence-corrected chi connectivity index (χ1v) is 9.29. The molecule has 1 heterocycles. The molecule has 1 aliphatic rings. The second-order valence-electron chi connectivity index (χ2n) is 5.72. The molecule has 0 spiro atoms. The standard InChI is InChI=1S/C18H18N2O4S/c1-13-6-8-15(9-7-13)25(22,23)20-17-10-11-19-18(21)16-5-3-2-4-14(16)12-24-17/h2-9H,10-12H2,1H3,(H,19,21)/b20-17-. The largest absolute Gasteiger partial charge is 0.475 e. The van der Waals surface area contributed by atoms with Crippen molar-refractivity contribution in [2.24, 2.45) is 4.40 Å². The van der Waals surface area contributed by atoms with Crippen molar-refractivity contribution in [3.05, 3.63) is 65.2 Å². The first-order chi connectivity index (χ1) is 12.0. The zero-order valence-corrected chi connectivity index (χ0v) is 14.5. The van der Waals surface area contributed by atoms with Crippen LogP contribution in [-0.2, 0) is 21.4 Å². The number of benzene rings is 2. The van der Waals surface area contributed by atoms with Crippen LogP contribution in [0, 0.1) is 6.92 Å². The van der Waals surface area contributed by atoms with Crippen molar-refractivity contribution in [3.8, 4) is 0 Å². The number of hydrogen-bond donors (Lipinski definition) is 1. The van der Waals surface area contributed by atoms with E-state index in [4.69, 9.17) is 4.74 Å². The van der Waals surface area contributed by atoms with Crippen LogP contribution in [0.4, 0.5) is 0 Å². The topological polar surface area (TPSA) is 84.8 Å². The van der Waals surface area contributed by atoms with Gasteiger partial charge in [-0.1, -0.05) is 35.9 Å². The molecule has 3 rings (SSSR count). The average molecular weight is 358 g/mol. The number of rotatable bonds is 2. The summed E-state index contributed by atoms with van der Waals surface area (Å²) in [5, 5.41) is 2.75. The van der Waals surface area contributed by atoms with Gasteiger partial charge in [-0.25, -0.2) is 0 Å². The lowest BCUT2D eigenvalue weighted by Gasteiger charge is -2.09. The highest BCUT2D eigenvalue weighted by atomic mass is 32.2. The Morgan fingerprint density at radius 3 is 2.56 bits per heavy atom. The minimum Gasteiger partial charge on any atom is -0.475 e. The van der Waals surface area contributed by atoms with Gasteiger partial charge in [-0.3, -0.25) is 4.79 Å². The van der Waals surface area contributed by atoms with Crippen LogP contribution >= 0.6 is 0 Å². The molecule has 0 unspecified atom stereocenters. The Labute approximate surface area is 146 Å². The average Bonchev–Trinajstić information content (AvgIpc) is 2.66. The van der Waals surface area contributed by atoms with Crippen molar-refractivity contribution in [3.63, 3.8) is 0 Å². The Hall–Kier alpha value is -2.67. The fourth-order valence-corrected chi connectivity index (χ4v) is 3.45. The molecule has 1 aliphatic heterocycles. The molecular formula is C18H18N2O4S. The molecule has 130 valence electrons. The van der Waals surface area contributed by atoms with E-state index in [1.807, 2.05) is 6.92 Å². The zero-order valence-electron chi connectivity index (χ0n) is 13.7. The van der Waals surface area contributed by atoms with E-state index in [0.717, 1.165) is 5.56 Å². The summed E-state index contributed by atoms with van der Waals surface area (Å²) in [6.45, 7) is 2.21. The van der Waals surface area contributed by atoms with Crippen LogP contribution in [-0.4, -0.2) is 26.8 Å². The molecule has 0 saturated heterocycles. The van der Waals surface area contributed by atoms with Gasteiger partial charge in [-0.2, -0.15) is 8.42 Å². The van der Waals surface area contributed by atoms with Gasteiger partial charge in [0.1, 0.15) is 6.61 Å². The van der Waals surface area contributed by atoms with Crippen LogP contribution in [0.15, 0.2) is 57.8 Å². The number of fused-ring (bicyclic) bond motifs is 1. The second-order valence-corrected chi connectivity index (χ2v) is 7.33. The van der Waals surface area contributed by atoms with Gasteiger partial charge in [-0.05, 0) is 25.1 Å².